The Bertz CT molecular complexity index is 723. The van der Waals surface area contributed by atoms with Crippen molar-refractivity contribution >= 4 is 11.8 Å². The van der Waals surface area contributed by atoms with Crippen LogP contribution in [0.4, 0.5) is 4.39 Å². The van der Waals surface area contributed by atoms with Crippen LogP contribution >= 0.6 is 0 Å². The van der Waals surface area contributed by atoms with Crippen molar-refractivity contribution in [2.75, 3.05) is 32.8 Å². The van der Waals surface area contributed by atoms with E-state index in [0.29, 0.717) is 57.1 Å². The number of carbonyl (C=O) groups excluding carboxylic acids is 2. The molecule has 7 heteroatoms. The van der Waals surface area contributed by atoms with Crippen molar-refractivity contribution in [1.82, 2.24) is 9.80 Å². The lowest BCUT2D eigenvalue weighted by Gasteiger charge is -2.34. The van der Waals surface area contributed by atoms with Gasteiger partial charge in [0.15, 0.2) is 5.76 Å². The Labute approximate surface area is 151 Å². The number of hydrogen-bond acceptors (Lipinski definition) is 4. The first-order valence-corrected chi connectivity index (χ1v) is 8.62. The minimum Gasteiger partial charge on any atom is -0.494 e. The molecule has 0 aliphatic carbocycles. The molecular weight excluding hydrogens is 339 g/mol. The first-order chi connectivity index (χ1) is 12.6. The van der Waals surface area contributed by atoms with Crippen molar-refractivity contribution in [3.63, 3.8) is 0 Å². The van der Waals surface area contributed by atoms with Crippen molar-refractivity contribution in [3.05, 3.63) is 54.2 Å². The molecule has 1 aliphatic rings. The van der Waals surface area contributed by atoms with E-state index in [4.69, 9.17) is 9.15 Å². The van der Waals surface area contributed by atoms with Crippen LogP contribution in [0.2, 0.25) is 0 Å². The third-order valence-corrected chi connectivity index (χ3v) is 4.27. The molecule has 6 nitrogen and oxygen atoms in total. The number of piperazine rings is 1. The van der Waals surface area contributed by atoms with Crippen LogP contribution in [0, 0.1) is 5.82 Å². The van der Waals surface area contributed by atoms with Gasteiger partial charge in [0.05, 0.1) is 12.9 Å². The van der Waals surface area contributed by atoms with Crippen LogP contribution in [0.5, 0.6) is 5.75 Å². The van der Waals surface area contributed by atoms with Gasteiger partial charge in [0.25, 0.3) is 5.91 Å². The van der Waals surface area contributed by atoms with Crippen molar-refractivity contribution in [3.8, 4) is 5.75 Å². The number of furan rings is 1. The molecule has 138 valence electrons. The first-order valence-electron chi connectivity index (χ1n) is 8.62. The molecule has 0 atom stereocenters. The van der Waals surface area contributed by atoms with Crippen LogP contribution in [0.25, 0.3) is 0 Å². The Morgan fingerprint density at radius 1 is 1.04 bits per heavy atom. The summed E-state index contributed by atoms with van der Waals surface area (Å²) in [5.74, 6) is 0.511. The lowest BCUT2D eigenvalue weighted by molar-refractivity contribution is -0.132. The fourth-order valence-corrected chi connectivity index (χ4v) is 2.82. The number of ether oxygens (including phenoxy) is 1. The van der Waals surface area contributed by atoms with E-state index in [1.165, 1.54) is 18.4 Å². The molecule has 3 rings (SSSR count). The molecule has 0 spiro atoms. The molecule has 0 unspecified atom stereocenters. The van der Waals surface area contributed by atoms with Gasteiger partial charge in [-0.05, 0) is 42.8 Å². The number of halogens is 1. The summed E-state index contributed by atoms with van der Waals surface area (Å²) in [7, 11) is 0. The fourth-order valence-electron chi connectivity index (χ4n) is 2.82. The van der Waals surface area contributed by atoms with Gasteiger partial charge in [-0.3, -0.25) is 9.59 Å². The summed E-state index contributed by atoms with van der Waals surface area (Å²) in [4.78, 5) is 27.9. The predicted molar refractivity (Wildman–Crippen MR) is 92.3 cm³/mol. The van der Waals surface area contributed by atoms with E-state index in [1.807, 2.05) is 0 Å². The number of amides is 2. The van der Waals surface area contributed by atoms with Gasteiger partial charge in [0.1, 0.15) is 11.6 Å². The van der Waals surface area contributed by atoms with E-state index in [1.54, 1.807) is 34.1 Å². The number of benzene rings is 1. The second-order valence-corrected chi connectivity index (χ2v) is 6.06. The number of hydrogen-bond donors (Lipinski definition) is 0. The topological polar surface area (TPSA) is 63.0 Å². The van der Waals surface area contributed by atoms with Crippen molar-refractivity contribution < 1.29 is 23.1 Å². The Morgan fingerprint density at radius 3 is 2.38 bits per heavy atom. The van der Waals surface area contributed by atoms with Crippen LogP contribution < -0.4 is 4.74 Å². The van der Waals surface area contributed by atoms with Crippen molar-refractivity contribution in [2.45, 2.75) is 12.8 Å². The maximum atomic E-state index is 12.8. The molecule has 0 radical (unpaired) electrons. The SMILES string of the molecule is O=C(CCCOc1ccc(F)cc1)N1CCN(C(=O)c2ccco2)CC1. The summed E-state index contributed by atoms with van der Waals surface area (Å²) in [5, 5.41) is 0. The maximum absolute atomic E-state index is 12.8. The third kappa shape index (κ3) is 4.62. The molecule has 1 aromatic heterocycles. The van der Waals surface area contributed by atoms with Crippen molar-refractivity contribution in [2.24, 2.45) is 0 Å². The summed E-state index contributed by atoms with van der Waals surface area (Å²) in [5.41, 5.74) is 0. The molecular formula is C19H21FN2O4. The minimum atomic E-state index is -0.308. The smallest absolute Gasteiger partial charge is 0.289 e. The van der Waals surface area contributed by atoms with E-state index in [0.717, 1.165) is 0 Å². The molecule has 0 bridgehead atoms. The molecule has 0 N–H and O–H groups in total. The Morgan fingerprint density at radius 2 is 1.73 bits per heavy atom. The number of carbonyl (C=O) groups is 2. The second kappa shape index (κ2) is 8.51. The molecule has 0 saturated carbocycles. The molecule has 26 heavy (non-hydrogen) atoms. The highest BCUT2D eigenvalue weighted by Crippen LogP contribution is 2.13. The standard InChI is InChI=1S/C19H21FN2O4/c20-15-5-7-16(8-6-15)25-13-2-4-18(23)21-9-11-22(12-10-21)19(24)17-3-1-14-26-17/h1,3,5-8,14H,2,4,9-13H2. The summed E-state index contributed by atoms with van der Waals surface area (Å²) in [6.45, 7) is 2.43. The summed E-state index contributed by atoms with van der Waals surface area (Å²) in [6.07, 6.45) is 2.44. The summed E-state index contributed by atoms with van der Waals surface area (Å²) < 4.78 is 23.4. The third-order valence-electron chi connectivity index (χ3n) is 4.27. The fraction of sp³-hybridized carbons (Fsp3) is 0.368. The highest BCUT2D eigenvalue weighted by Gasteiger charge is 2.25. The Kier molecular flexibility index (Phi) is 5.88. The van der Waals surface area contributed by atoms with Gasteiger partial charge in [0.2, 0.25) is 5.91 Å². The summed E-state index contributed by atoms with van der Waals surface area (Å²) >= 11 is 0. The number of rotatable bonds is 6. The molecule has 1 aliphatic heterocycles. The lowest BCUT2D eigenvalue weighted by atomic mass is 10.2. The van der Waals surface area contributed by atoms with Gasteiger partial charge in [-0.2, -0.15) is 0 Å². The lowest BCUT2D eigenvalue weighted by Crippen LogP contribution is -2.50. The van der Waals surface area contributed by atoms with E-state index in [9.17, 15) is 14.0 Å². The molecule has 2 amide bonds. The normalized spacial score (nSPS) is 14.3. The van der Waals surface area contributed by atoms with E-state index >= 15 is 0 Å². The zero-order valence-electron chi connectivity index (χ0n) is 14.4. The largest absolute Gasteiger partial charge is 0.494 e. The molecule has 1 fully saturated rings. The van der Waals surface area contributed by atoms with Gasteiger partial charge in [-0.25, -0.2) is 4.39 Å². The average molecular weight is 360 g/mol. The zero-order valence-corrected chi connectivity index (χ0v) is 14.4. The van der Waals surface area contributed by atoms with Crippen LogP contribution in [0.3, 0.4) is 0 Å². The van der Waals surface area contributed by atoms with E-state index < -0.39 is 0 Å². The van der Waals surface area contributed by atoms with Gasteiger partial charge in [-0.15, -0.1) is 0 Å². The highest BCUT2D eigenvalue weighted by molar-refractivity contribution is 5.91. The average Bonchev–Trinajstić information content (AvgIpc) is 3.21. The van der Waals surface area contributed by atoms with Crippen LogP contribution in [0.15, 0.2) is 47.1 Å². The van der Waals surface area contributed by atoms with Crippen LogP contribution in [0.1, 0.15) is 23.4 Å². The second-order valence-electron chi connectivity index (χ2n) is 6.06. The predicted octanol–water partition coefficient (Wildman–Crippen LogP) is 2.56. The monoisotopic (exact) mass is 360 g/mol. The summed E-state index contributed by atoms with van der Waals surface area (Å²) in [6, 6.07) is 9.12. The zero-order chi connectivity index (χ0) is 18.4. The van der Waals surface area contributed by atoms with Crippen LogP contribution in [-0.4, -0.2) is 54.4 Å². The van der Waals surface area contributed by atoms with E-state index in [2.05, 4.69) is 0 Å². The minimum absolute atomic E-state index is 0.0535. The molecule has 2 aromatic rings. The first kappa shape index (κ1) is 18.0. The van der Waals surface area contributed by atoms with Gasteiger partial charge in [-0.1, -0.05) is 0 Å². The molecule has 2 heterocycles. The highest BCUT2D eigenvalue weighted by atomic mass is 19.1. The Balaban J connectivity index is 1.36. The van der Waals surface area contributed by atoms with E-state index in [-0.39, 0.29) is 17.6 Å². The van der Waals surface area contributed by atoms with Crippen molar-refractivity contribution in [1.29, 1.82) is 0 Å². The van der Waals surface area contributed by atoms with Gasteiger partial charge < -0.3 is 19.0 Å². The van der Waals surface area contributed by atoms with Crippen LogP contribution in [-0.2, 0) is 4.79 Å². The molecule has 1 aromatic carbocycles. The van der Waals surface area contributed by atoms with Gasteiger partial charge in [0, 0.05) is 32.6 Å². The maximum Gasteiger partial charge on any atom is 0.289 e. The Hall–Kier alpha value is -2.83. The molecule has 1 saturated heterocycles. The number of nitrogens with zero attached hydrogens (tertiary/aromatic N) is 2. The quantitative estimate of drug-likeness (QED) is 0.743. The van der Waals surface area contributed by atoms with Gasteiger partial charge >= 0.3 is 0 Å².